The lowest BCUT2D eigenvalue weighted by Gasteiger charge is -2.42. The molecule has 1 aromatic carbocycles. The first-order valence-corrected chi connectivity index (χ1v) is 11.1. The minimum atomic E-state index is -4.46. The van der Waals surface area contributed by atoms with Gasteiger partial charge in [-0.2, -0.15) is 13.2 Å². The minimum Gasteiger partial charge on any atom is -0.466 e. The summed E-state index contributed by atoms with van der Waals surface area (Å²) in [6, 6.07) is 9.77. The smallest absolute Gasteiger partial charge is 0.416 e. The molecule has 3 rings (SSSR count). The molecule has 2 heterocycles. The molecule has 0 spiro atoms. The second kappa shape index (κ2) is 10.0. The van der Waals surface area contributed by atoms with E-state index in [2.05, 4.69) is 22.9 Å². The van der Waals surface area contributed by atoms with Gasteiger partial charge >= 0.3 is 12.1 Å². The maximum atomic E-state index is 13.5. The Balaban J connectivity index is 1.76. The van der Waals surface area contributed by atoms with E-state index in [9.17, 15) is 18.0 Å². The number of nitrogens with zero attached hydrogens (tertiary/aromatic N) is 2. The Labute approximate surface area is 187 Å². The number of carbonyl (C=O) groups excluding carboxylic acids is 1. The molecule has 0 amide bonds. The number of pyridine rings is 1. The number of halogens is 3. The van der Waals surface area contributed by atoms with Crippen molar-refractivity contribution < 1.29 is 22.7 Å². The van der Waals surface area contributed by atoms with Crippen LogP contribution in [0.2, 0.25) is 0 Å². The molecule has 1 atom stereocenters. The average molecular weight is 449 g/mol. The molecule has 1 aromatic heterocycles. The number of benzene rings is 1. The Morgan fingerprint density at radius 2 is 1.91 bits per heavy atom. The van der Waals surface area contributed by atoms with Crippen LogP contribution in [-0.2, 0) is 28.5 Å². The van der Waals surface area contributed by atoms with Crippen LogP contribution >= 0.6 is 0 Å². The molecular weight excluding hydrogens is 417 g/mol. The summed E-state index contributed by atoms with van der Waals surface area (Å²) in [5.74, 6) is -0.398. The first kappa shape index (κ1) is 24.2. The van der Waals surface area contributed by atoms with Crippen LogP contribution in [-0.4, -0.2) is 41.6 Å². The zero-order chi connectivity index (χ0) is 23.4. The molecule has 1 saturated heterocycles. The van der Waals surface area contributed by atoms with Crippen molar-refractivity contribution in [3.63, 3.8) is 0 Å². The van der Waals surface area contributed by atoms with Crippen LogP contribution in [0.1, 0.15) is 49.1 Å². The van der Waals surface area contributed by atoms with Crippen molar-refractivity contribution in [3.8, 4) is 0 Å². The van der Waals surface area contributed by atoms with Crippen LogP contribution < -0.4 is 0 Å². The molecule has 1 aliphatic heterocycles. The zero-order valence-electron chi connectivity index (χ0n) is 18.9. The van der Waals surface area contributed by atoms with E-state index < -0.39 is 23.1 Å². The predicted octanol–water partition coefficient (Wildman–Crippen LogP) is 5.23. The van der Waals surface area contributed by atoms with Gasteiger partial charge in [-0.1, -0.05) is 18.2 Å². The fourth-order valence-electron chi connectivity index (χ4n) is 4.59. The monoisotopic (exact) mass is 448 g/mol. The fraction of sp³-hybridized carbons (Fsp3) is 0.520. The number of carbonyl (C=O) groups is 1. The number of hydrogen-bond acceptors (Lipinski definition) is 4. The van der Waals surface area contributed by atoms with Crippen molar-refractivity contribution in [3.05, 3.63) is 65.0 Å². The number of piperidine rings is 1. The van der Waals surface area contributed by atoms with Crippen molar-refractivity contribution in [1.29, 1.82) is 0 Å². The number of hydrogen-bond donors (Lipinski definition) is 0. The Morgan fingerprint density at radius 3 is 2.53 bits per heavy atom. The summed E-state index contributed by atoms with van der Waals surface area (Å²) < 4.78 is 46.0. The van der Waals surface area contributed by atoms with E-state index in [1.165, 1.54) is 12.1 Å². The summed E-state index contributed by atoms with van der Waals surface area (Å²) in [5, 5.41) is 0. The number of likely N-dealkylation sites (tertiary alicyclic amines) is 1. The summed E-state index contributed by atoms with van der Waals surface area (Å²) in [7, 11) is 0. The van der Waals surface area contributed by atoms with E-state index in [1.807, 2.05) is 13.0 Å². The van der Waals surface area contributed by atoms with E-state index >= 15 is 0 Å². The Bertz CT molecular complexity index is 921. The van der Waals surface area contributed by atoms with Crippen LogP contribution in [0.25, 0.3) is 0 Å². The van der Waals surface area contributed by atoms with Gasteiger partial charge in [0.15, 0.2) is 0 Å². The van der Waals surface area contributed by atoms with Gasteiger partial charge in [0.1, 0.15) is 0 Å². The van der Waals surface area contributed by atoms with Crippen LogP contribution in [0, 0.1) is 12.3 Å². The lowest BCUT2D eigenvalue weighted by Crippen LogP contribution is -2.49. The highest BCUT2D eigenvalue weighted by Crippen LogP contribution is 2.41. The second-order valence-corrected chi connectivity index (χ2v) is 8.75. The first-order valence-electron chi connectivity index (χ1n) is 11.1. The molecule has 0 aliphatic carbocycles. The third-order valence-electron chi connectivity index (χ3n) is 6.42. The second-order valence-electron chi connectivity index (χ2n) is 8.75. The van der Waals surface area contributed by atoms with Crippen molar-refractivity contribution in [2.45, 2.75) is 58.7 Å². The van der Waals surface area contributed by atoms with Gasteiger partial charge in [0.25, 0.3) is 0 Å². The topological polar surface area (TPSA) is 42.4 Å². The fourth-order valence-corrected chi connectivity index (χ4v) is 4.59. The van der Waals surface area contributed by atoms with E-state index in [4.69, 9.17) is 4.74 Å². The molecule has 174 valence electrons. The summed E-state index contributed by atoms with van der Waals surface area (Å²) in [6.45, 7) is 7.34. The summed E-state index contributed by atoms with van der Waals surface area (Å²) >= 11 is 0. The van der Waals surface area contributed by atoms with E-state index in [1.54, 1.807) is 19.2 Å². The lowest BCUT2D eigenvalue weighted by molar-refractivity contribution is -0.159. The largest absolute Gasteiger partial charge is 0.466 e. The Kier molecular flexibility index (Phi) is 7.59. The first-order chi connectivity index (χ1) is 15.1. The van der Waals surface area contributed by atoms with Gasteiger partial charge < -0.3 is 9.64 Å². The molecule has 2 aromatic rings. The van der Waals surface area contributed by atoms with Gasteiger partial charge in [0.2, 0.25) is 0 Å². The van der Waals surface area contributed by atoms with Gasteiger partial charge in [-0.3, -0.25) is 9.78 Å². The highest BCUT2D eigenvalue weighted by molar-refractivity contribution is 5.77. The quantitative estimate of drug-likeness (QED) is 0.544. The molecular formula is C25H31F3N2O2. The zero-order valence-corrected chi connectivity index (χ0v) is 18.9. The lowest BCUT2D eigenvalue weighted by atomic mass is 9.72. The number of ether oxygens (including phenoxy) is 1. The Hall–Kier alpha value is -2.41. The molecule has 7 heteroatoms. The van der Waals surface area contributed by atoms with Crippen LogP contribution in [0.15, 0.2) is 42.6 Å². The van der Waals surface area contributed by atoms with Crippen LogP contribution in [0.4, 0.5) is 13.2 Å². The van der Waals surface area contributed by atoms with Gasteiger partial charge in [0, 0.05) is 24.4 Å². The number of rotatable bonds is 7. The van der Waals surface area contributed by atoms with E-state index in [0.29, 0.717) is 25.9 Å². The van der Waals surface area contributed by atoms with Crippen molar-refractivity contribution in [1.82, 2.24) is 9.88 Å². The molecule has 0 unspecified atom stereocenters. The van der Waals surface area contributed by atoms with Gasteiger partial charge in [0.05, 0.1) is 17.6 Å². The number of aromatic nitrogens is 1. The number of esters is 1. The normalized spacial score (nSPS) is 17.7. The number of aryl methyl sites for hydroxylation is 1. The van der Waals surface area contributed by atoms with E-state index in [0.717, 1.165) is 23.7 Å². The van der Waals surface area contributed by atoms with Crippen molar-refractivity contribution in [2.24, 2.45) is 5.41 Å². The minimum absolute atomic E-state index is 0.0309. The highest BCUT2D eigenvalue weighted by atomic mass is 19.4. The molecule has 32 heavy (non-hydrogen) atoms. The Morgan fingerprint density at radius 1 is 1.22 bits per heavy atom. The maximum absolute atomic E-state index is 13.5. The predicted molar refractivity (Wildman–Crippen MR) is 117 cm³/mol. The maximum Gasteiger partial charge on any atom is 0.416 e. The van der Waals surface area contributed by atoms with Crippen LogP contribution in [0.5, 0.6) is 0 Å². The molecule has 0 N–H and O–H groups in total. The summed E-state index contributed by atoms with van der Waals surface area (Å²) in [6.07, 6.45) is -0.915. The highest BCUT2D eigenvalue weighted by Gasteiger charge is 2.45. The summed E-state index contributed by atoms with van der Waals surface area (Å²) in [4.78, 5) is 19.7. The molecule has 1 fully saturated rings. The molecule has 0 radical (unpaired) electrons. The third-order valence-corrected chi connectivity index (χ3v) is 6.42. The van der Waals surface area contributed by atoms with Gasteiger partial charge in [-0.05, 0) is 82.4 Å². The molecule has 0 bridgehead atoms. The SMILES string of the molecule is CCOC(=O)C1(Cc2ccccc2C(F)(F)F)CCN([C@H](C)Cc2cc(C)ccn2)CC1. The van der Waals surface area contributed by atoms with Gasteiger partial charge in [-0.25, -0.2) is 0 Å². The van der Waals surface area contributed by atoms with Crippen LogP contribution in [0.3, 0.4) is 0 Å². The molecule has 4 nitrogen and oxygen atoms in total. The van der Waals surface area contributed by atoms with E-state index in [-0.39, 0.29) is 24.6 Å². The third kappa shape index (κ3) is 5.68. The summed E-state index contributed by atoms with van der Waals surface area (Å²) in [5.41, 5.74) is 0.697. The average Bonchev–Trinajstić information content (AvgIpc) is 2.74. The van der Waals surface area contributed by atoms with Crippen molar-refractivity contribution >= 4 is 5.97 Å². The standard InChI is InChI=1S/C25H31F3N2O2/c1-4-32-23(31)24(17-20-7-5-6-8-22(20)25(26,27)28)10-13-30(14-11-24)19(3)16-21-15-18(2)9-12-29-21/h5-9,12,15,19H,4,10-11,13-14,16-17H2,1-3H3/t19-/m1/s1. The van der Waals surface area contributed by atoms with Gasteiger partial charge in [-0.15, -0.1) is 0 Å². The van der Waals surface area contributed by atoms with Crippen molar-refractivity contribution in [2.75, 3.05) is 19.7 Å². The molecule has 0 saturated carbocycles. The number of alkyl halides is 3. The molecule has 1 aliphatic rings.